The molecule has 0 heterocycles. The van der Waals surface area contributed by atoms with Gasteiger partial charge in [0.05, 0.1) is 5.92 Å². The van der Waals surface area contributed by atoms with Gasteiger partial charge in [-0.3, -0.25) is 9.59 Å². The average molecular weight is 283 g/mol. The quantitative estimate of drug-likeness (QED) is 0.800. The van der Waals surface area contributed by atoms with Crippen LogP contribution in [0.3, 0.4) is 0 Å². The van der Waals surface area contributed by atoms with Crippen LogP contribution in [0, 0.1) is 11.7 Å². The first kappa shape index (κ1) is 15.9. The maximum Gasteiger partial charge on any atom is 0.306 e. The molecule has 0 aliphatic heterocycles. The van der Waals surface area contributed by atoms with Crippen LogP contribution in [0.2, 0.25) is 0 Å². The summed E-state index contributed by atoms with van der Waals surface area (Å²) in [5.74, 6) is -2.38. The standard InChI is InChI=1S/C14H18FNO4/c1-9(14(18)19)7-8-16-13(17)10(2)20-12-6-4-3-5-11(12)15/h3-6,9-10H,7-8H2,1-2H3,(H,16,17)(H,18,19). The lowest BCUT2D eigenvalue weighted by Gasteiger charge is -2.15. The lowest BCUT2D eigenvalue weighted by molar-refractivity contribution is -0.141. The number of aliphatic carboxylic acids is 1. The fourth-order valence-electron chi connectivity index (χ4n) is 1.46. The van der Waals surface area contributed by atoms with Crippen LogP contribution in [0.1, 0.15) is 20.3 Å². The summed E-state index contributed by atoms with van der Waals surface area (Å²) in [6, 6.07) is 5.82. The van der Waals surface area contributed by atoms with Gasteiger partial charge in [-0.1, -0.05) is 19.1 Å². The van der Waals surface area contributed by atoms with Gasteiger partial charge < -0.3 is 15.2 Å². The summed E-state index contributed by atoms with van der Waals surface area (Å²) in [6.45, 7) is 3.30. The number of hydrogen-bond donors (Lipinski definition) is 2. The second-order valence-corrected chi connectivity index (χ2v) is 4.51. The summed E-state index contributed by atoms with van der Waals surface area (Å²) in [7, 11) is 0. The van der Waals surface area contributed by atoms with Crippen molar-refractivity contribution in [1.82, 2.24) is 5.32 Å². The molecule has 1 aromatic carbocycles. The Morgan fingerprint density at radius 2 is 2.00 bits per heavy atom. The number of amides is 1. The second-order valence-electron chi connectivity index (χ2n) is 4.51. The molecule has 0 bridgehead atoms. The van der Waals surface area contributed by atoms with Crippen LogP contribution < -0.4 is 10.1 Å². The van der Waals surface area contributed by atoms with E-state index in [4.69, 9.17) is 9.84 Å². The molecule has 0 saturated heterocycles. The number of carboxylic acid groups (broad SMARTS) is 1. The van der Waals surface area contributed by atoms with E-state index in [9.17, 15) is 14.0 Å². The molecular formula is C14H18FNO4. The Morgan fingerprint density at radius 1 is 1.35 bits per heavy atom. The topological polar surface area (TPSA) is 75.6 Å². The maximum absolute atomic E-state index is 13.3. The van der Waals surface area contributed by atoms with Crippen LogP contribution in [0.5, 0.6) is 5.75 Å². The molecule has 1 amide bonds. The van der Waals surface area contributed by atoms with Crippen molar-refractivity contribution < 1.29 is 23.8 Å². The number of nitrogens with one attached hydrogen (secondary N) is 1. The van der Waals surface area contributed by atoms with E-state index in [-0.39, 0.29) is 12.3 Å². The smallest absolute Gasteiger partial charge is 0.306 e. The molecule has 0 aliphatic rings. The fourth-order valence-corrected chi connectivity index (χ4v) is 1.46. The Kier molecular flexibility index (Phi) is 5.96. The molecule has 2 atom stereocenters. The molecule has 6 heteroatoms. The Labute approximate surface area is 116 Å². The molecule has 20 heavy (non-hydrogen) atoms. The van der Waals surface area contributed by atoms with Gasteiger partial charge in [-0.05, 0) is 25.5 Å². The van der Waals surface area contributed by atoms with E-state index in [0.29, 0.717) is 6.42 Å². The zero-order valence-electron chi connectivity index (χ0n) is 11.4. The van der Waals surface area contributed by atoms with Crippen LogP contribution in [0.25, 0.3) is 0 Å². The third-order valence-electron chi connectivity index (χ3n) is 2.81. The Hall–Kier alpha value is -2.11. The van der Waals surface area contributed by atoms with Gasteiger partial charge in [-0.15, -0.1) is 0 Å². The molecule has 1 rings (SSSR count). The summed E-state index contributed by atoms with van der Waals surface area (Å²) >= 11 is 0. The van der Waals surface area contributed by atoms with Gasteiger partial charge in [0.25, 0.3) is 5.91 Å². The number of ether oxygens (including phenoxy) is 1. The first-order valence-corrected chi connectivity index (χ1v) is 6.33. The third-order valence-corrected chi connectivity index (χ3v) is 2.81. The molecule has 0 spiro atoms. The van der Waals surface area contributed by atoms with Gasteiger partial charge in [0.1, 0.15) is 0 Å². The molecule has 0 radical (unpaired) electrons. The Balaban J connectivity index is 2.40. The maximum atomic E-state index is 13.3. The van der Waals surface area contributed by atoms with Gasteiger partial charge >= 0.3 is 5.97 Å². The molecule has 2 unspecified atom stereocenters. The molecule has 0 fully saturated rings. The highest BCUT2D eigenvalue weighted by atomic mass is 19.1. The number of halogens is 1. The van der Waals surface area contributed by atoms with Gasteiger partial charge in [0.15, 0.2) is 17.7 Å². The molecule has 0 aromatic heterocycles. The van der Waals surface area contributed by atoms with Gasteiger partial charge in [-0.2, -0.15) is 0 Å². The zero-order chi connectivity index (χ0) is 15.1. The number of carbonyl (C=O) groups excluding carboxylic acids is 1. The van der Waals surface area contributed by atoms with E-state index in [1.807, 2.05) is 0 Å². The van der Waals surface area contributed by atoms with Crippen molar-refractivity contribution in [2.75, 3.05) is 6.54 Å². The van der Waals surface area contributed by atoms with Gasteiger partial charge in [0, 0.05) is 6.54 Å². The third kappa shape index (κ3) is 4.87. The molecule has 1 aromatic rings. The normalized spacial score (nSPS) is 13.3. The van der Waals surface area contributed by atoms with Gasteiger partial charge in [0.2, 0.25) is 0 Å². The number of hydrogen-bond acceptors (Lipinski definition) is 3. The van der Waals surface area contributed by atoms with E-state index in [1.165, 1.54) is 25.1 Å². The molecule has 0 saturated carbocycles. The number of benzene rings is 1. The molecular weight excluding hydrogens is 265 g/mol. The minimum Gasteiger partial charge on any atom is -0.481 e. The summed E-state index contributed by atoms with van der Waals surface area (Å²) in [5, 5.41) is 11.3. The zero-order valence-corrected chi connectivity index (χ0v) is 11.4. The van der Waals surface area contributed by atoms with Crippen molar-refractivity contribution in [2.24, 2.45) is 5.92 Å². The van der Waals surface area contributed by atoms with Crippen molar-refractivity contribution in [3.63, 3.8) is 0 Å². The van der Waals surface area contributed by atoms with E-state index in [1.54, 1.807) is 13.0 Å². The summed E-state index contributed by atoms with van der Waals surface area (Å²) in [5.41, 5.74) is 0. The van der Waals surface area contributed by atoms with Gasteiger partial charge in [-0.25, -0.2) is 4.39 Å². The highest BCUT2D eigenvalue weighted by Gasteiger charge is 2.17. The van der Waals surface area contributed by atoms with E-state index in [2.05, 4.69) is 5.32 Å². The molecule has 2 N–H and O–H groups in total. The van der Waals surface area contributed by atoms with Crippen molar-refractivity contribution in [2.45, 2.75) is 26.4 Å². The van der Waals surface area contributed by atoms with Crippen LogP contribution in [0.4, 0.5) is 4.39 Å². The largest absolute Gasteiger partial charge is 0.481 e. The van der Waals surface area contributed by atoms with Crippen molar-refractivity contribution in [1.29, 1.82) is 0 Å². The number of carboxylic acids is 1. The van der Waals surface area contributed by atoms with Crippen LogP contribution >= 0.6 is 0 Å². The SMILES string of the molecule is CC(CCNC(=O)C(C)Oc1ccccc1F)C(=O)O. The van der Waals surface area contributed by atoms with Crippen molar-refractivity contribution in [3.05, 3.63) is 30.1 Å². The van der Waals surface area contributed by atoms with Crippen LogP contribution in [-0.4, -0.2) is 29.6 Å². The minimum atomic E-state index is -0.907. The lowest BCUT2D eigenvalue weighted by Crippen LogP contribution is -2.37. The monoisotopic (exact) mass is 283 g/mol. The number of para-hydroxylation sites is 1. The first-order chi connectivity index (χ1) is 9.41. The summed E-state index contributed by atoms with van der Waals surface area (Å²) in [4.78, 5) is 22.3. The van der Waals surface area contributed by atoms with Crippen molar-refractivity contribution in [3.8, 4) is 5.75 Å². The van der Waals surface area contributed by atoms with E-state index < -0.39 is 29.7 Å². The highest BCUT2D eigenvalue weighted by Crippen LogP contribution is 2.16. The predicted molar refractivity (Wildman–Crippen MR) is 70.9 cm³/mol. The lowest BCUT2D eigenvalue weighted by atomic mass is 10.1. The fraction of sp³-hybridized carbons (Fsp3) is 0.429. The Morgan fingerprint density at radius 3 is 2.60 bits per heavy atom. The Bertz CT molecular complexity index is 478. The number of rotatable bonds is 7. The molecule has 0 aliphatic carbocycles. The average Bonchev–Trinajstić information content (AvgIpc) is 2.40. The second kappa shape index (κ2) is 7.47. The van der Waals surface area contributed by atoms with E-state index in [0.717, 1.165) is 0 Å². The number of carbonyl (C=O) groups is 2. The van der Waals surface area contributed by atoms with E-state index >= 15 is 0 Å². The van der Waals surface area contributed by atoms with Crippen LogP contribution in [-0.2, 0) is 9.59 Å². The molecule has 5 nitrogen and oxygen atoms in total. The highest BCUT2D eigenvalue weighted by molar-refractivity contribution is 5.80. The minimum absolute atomic E-state index is 0.00838. The summed E-state index contributed by atoms with van der Waals surface area (Å²) in [6.07, 6.45) is -0.528. The summed E-state index contributed by atoms with van der Waals surface area (Å²) < 4.78 is 18.5. The molecule has 110 valence electrons. The van der Waals surface area contributed by atoms with Crippen LogP contribution in [0.15, 0.2) is 24.3 Å². The predicted octanol–water partition coefficient (Wildman–Crippen LogP) is 1.82. The first-order valence-electron chi connectivity index (χ1n) is 6.33. The van der Waals surface area contributed by atoms with Crippen molar-refractivity contribution >= 4 is 11.9 Å².